The molecule has 5 rings (SSSR count). The maximum atomic E-state index is 13.3. The summed E-state index contributed by atoms with van der Waals surface area (Å²) in [4.78, 5) is 13.3. The molecule has 1 saturated carbocycles. The number of Topliss-reactive ketones (excluding diaryl/α,β-unsaturated/α-hetero) is 1. The van der Waals surface area contributed by atoms with Crippen LogP contribution in [0.1, 0.15) is 30.9 Å². The molecule has 0 aliphatic heterocycles. The number of fused-ring (bicyclic) bond motifs is 2. The molecule has 1 heteroatoms. The third-order valence-corrected chi connectivity index (χ3v) is 6.14. The van der Waals surface area contributed by atoms with Crippen LogP contribution in [-0.4, -0.2) is 5.78 Å². The molecular formula is C29H24O. The Labute approximate surface area is 177 Å². The highest BCUT2D eigenvalue weighted by molar-refractivity contribution is 6.14. The number of rotatable bonds is 2. The standard InChI is InChI=1S/C29H24O/c1-20-10-13-27(18-21-11-14-23-6-2-4-8-25(23)16-21)29(30)28(20)19-22-12-15-24-7-3-5-9-26(24)17-22/h2-9,11-12,14-20H,10,13H2,1H3/b27-18+,28-19+/t20-/m0/s1. The summed E-state index contributed by atoms with van der Waals surface area (Å²) < 4.78 is 0. The van der Waals surface area contributed by atoms with Crippen LogP contribution in [-0.2, 0) is 4.79 Å². The van der Waals surface area contributed by atoms with E-state index >= 15 is 0 Å². The molecule has 0 heterocycles. The van der Waals surface area contributed by atoms with Gasteiger partial charge in [0.2, 0.25) is 0 Å². The zero-order valence-corrected chi connectivity index (χ0v) is 17.1. The van der Waals surface area contributed by atoms with E-state index in [-0.39, 0.29) is 11.7 Å². The van der Waals surface area contributed by atoms with Crippen molar-refractivity contribution in [2.24, 2.45) is 5.92 Å². The first-order valence-electron chi connectivity index (χ1n) is 10.6. The van der Waals surface area contributed by atoms with E-state index in [0.717, 1.165) is 35.1 Å². The third kappa shape index (κ3) is 3.59. The summed E-state index contributed by atoms with van der Waals surface area (Å²) in [5, 5.41) is 4.85. The lowest BCUT2D eigenvalue weighted by Gasteiger charge is -2.23. The van der Waals surface area contributed by atoms with E-state index in [9.17, 15) is 4.79 Å². The summed E-state index contributed by atoms with van der Waals surface area (Å²) in [6, 6.07) is 29.5. The molecule has 1 aliphatic carbocycles. The van der Waals surface area contributed by atoms with Crippen molar-refractivity contribution >= 4 is 39.5 Å². The second kappa shape index (κ2) is 7.76. The number of hydrogen-bond acceptors (Lipinski definition) is 1. The fourth-order valence-electron chi connectivity index (χ4n) is 4.37. The highest BCUT2D eigenvalue weighted by atomic mass is 16.1. The van der Waals surface area contributed by atoms with Gasteiger partial charge in [-0.25, -0.2) is 0 Å². The summed E-state index contributed by atoms with van der Waals surface area (Å²) >= 11 is 0. The van der Waals surface area contributed by atoms with Crippen LogP contribution in [0.15, 0.2) is 96.1 Å². The number of allylic oxidation sites excluding steroid dienone is 2. The van der Waals surface area contributed by atoms with Gasteiger partial charge in [-0.05, 0) is 75.7 Å². The van der Waals surface area contributed by atoms with Gasteiger partial charge < -0.3 is 0 Å². The number of ketones is 1. The van der Waals surface area contributed by atoms with Gasteiger partial charge in [0.05, 0.1) is 0 Å². The van der Waals surface area contributed by atoms with Crippen LogP contribution in [0.3, 0.4) is 0 Å². The second-order valence-electron chi connectivity index (χ2n) is 8.25. The molecule has 30 heavy (non-hydrogen) atoms. The molecule has 1 nitrogen and oxygen atoms in total. The Morgan fingerprint density at radius 3 is 1.83 bits per heavy atom. The smallest absolute Gasteiger partial charge is 0.185 e. The van der Waals surface area contributed by atoms with Crippen LogP contribution in [0.4, 0.5) is 0 Å². The predicted molar refractivity (Wildman–Crippen MR) is 127 cm³/mol. The largest absolute Gasteiger partial charge is 0.289 e. The molecule has 1 atom stereocenters. The molecule has 0 radical (unpaired) electrons. The number of carbonyl (C=O) groups excluding carboxylic acids is 1. The average Bonchev–Trinajstić information content (AvgIpc) is 2.78. The number of carbonyl (C=O) groups is 1. The van der Waals surface area contributed by atoms with Crippen molar-refractivity contribution in [3.63, 3.8) is 0 Å². The van der Waals surface area contributed by atoms with Crippen molar-refractivity contribution < 1.29 is 4.79 Å². The van der Waals surface area contributed by atoms with Crippen molar-refractivity contribution in [2.45, 2.75) is 19.8 Å². The maximum Gasteiger partial charge on any atom is 0.185 e. The third-order valence-electron chi connectivity index (χ3n) is 6.14. The first-order valence-corrected chi connectivity index (χ1v) is 10.6. The molecule has 0 aromatic heterocycles. The van der Waals surface area contributed by atoms with Crippen LogP contribution in [0.25, 0.3) is 33.7 Å². The van der Waals surface area contributed by atoms with Gasteiger partial charge in [0, 0.05) is 11.1 Å². The highest BCUT2D eigenvalue weighted by Gasteiger charge is 2.26. The van der Waals surface area contributed by atoms with Gasteiger partial charge in [-0.15, -0.1) is 0 Å². The molecule has 0 unspecified atom stereocenters. The summed E-state index contributed by atoms with van der Waals surface area (Å²) in [6.45, 7) is 2.16. The van der Waals surface area contributed by atoms with Crippen molar-refractivity contribution in [1.82, 2.24) is 0 Å². The Morgan fingerprint density at radius 1 is 0.700 bits per heavy atom. The summed E-state index contributed by atoms with van der Waals surface area (Å²) in [6.07, 6.45) is 6.01. The van der Waals surface area contributed by atoms with E-state index in [1.165, 1.54) is 21.5 Å². The topological polar surface area (TPSA) is 17.1 Å². The zero-order chi connectivity index (χ0) is 20.5. The minimum atomic E-state index is 0.190. The Bertz CT molecular complexity index is 1320. The number of hydrogen-bond donors (Lipinski definition) is 0. The van der Waals surface area contributed by atoms with Crippen LogP contribution >= 0.6 is 0 Å². The monoisotopic (exact) mass is 388 g/mol. The molecule has 1 aliphatic rings. The zero-order valence-electron chi connectivity index (χ0n) is 17.1. The predicted octanol–water partition coefficient (Wildman–Crippen LogP) is 7.46. The van der Waals surface area contributed by atoms with E-state index in [0.29, 0.717) is 0 Å². The van der Waals surface area contributed by atoms with Crippen molar-refractivity contribution in [2.75, 3.05) is 0 Å². The molecule has 0 N–H and O–H groups in total. The first-order chi connectivity index (χ1) is 14.7. The van der Waals surface area contributed by atoms with Gasteiger partial charge in [-0.3, -0.25) is 4.79 Å². The fourth-order valence-corrected chi connectivity index (χ4v) is 4.37. The Balaban J connectivity index is 1.50. The van der Waals surface area contributed by atoms with Crippen LogP contribution in [0.2, 0.25) is 0 Å². The quantitative estimate of drug-likeness (QED) is 0.326. The van der Waals surface area contributed by atoms with E-state index in [1.54, 1.807) is 0 Å². The Morgan fingerprint density at radius 2 is 1.23 bits per heavy atom. The van der Waals surface area contributed by atoms with Gasteiger partial charge in [0.1, 0.15) is 0 Å². The SMILES string of the molecule is C[C@H]1CC/C(=C\c2ccc3ccccc3c2)C(=O)/C1=C/c1ccc2ccccc2c1. The average molecular weight is 389 g/mol. The molecule has 1 fully saturated rings. The lowest BCUT2D eigenvalue weighted by atomic mass is 9.80. The molecule has 4 aromatic rings. The second-order valence-corrected chi connectivity index (χ2v) is 8.25. The lowest BCUT2D eigenvalue weighted by Crippen LogP contribution is -2.19. The van der Waals surface area contributed by atoms with Gasteiger partial charge in [0.15, 0.2) is 5.78 Å². The molecule has 0 spiro atoms. The van der Waals surface area contributed by atoms with E-state index < -0.39 is 0 Å². The molecule has 0 saturated heterocycles. The van der Waals surface area contributed by atoms with Crippen molar-refractivity contribution in [1.29, 1.82) is 0 Å². The first kappa shape index (κ1) is 18.6. The Hall–Kier alpha value is -3.45. The van der Waals surface area contributed by atoms with E-state index in [4.69, 9.17) is 0 Å². The summed E-state index contributed by atoms with van der Waals surface area (Å²) in [7, 11) is 0. The summed E-state index contributed by atoms with van der Waals surface area (Å²) in [5.74, 6) is 0.466. The molecule has 0 bridgehead atoms. The molecular weight excluding hydrogens is 364 g/mol. The highest BCUT2D eigenvalue weighted by Crippen LogP contribution is 2.33. The lowest BCUT2D eigenvalue weighted by molar-refractivity contribution is -0.113. The Kier molecular flexibility index (Phi) is 4.80. The fraction of sp³-hybridized carbons (Fsp3) is 0.138. The van der Waals surface area contributed by atoms with Gasteiger partial charge >= 0.3 is 0 Å². The van der Waals surface area contributed by atoms with E-state index in [1.807, 2.05) is 0 Å². The number of benzene rings is 4. The molecule has 146 valence electrons. The van der Waals surface area contributed by atoms with Crippen LogP contribution < -0.4 is 0 Å². The van der Waals surface area contributed by atoms with Gasteiger partial charge in [-0.2, -0.15) is 0 Å². The van der Waals surface area contributed by atoms with E-state index in [2.05, 4.69) is 104 Å². The van der Waals surface area contributed by atoms with Crippen molar-refractivity contribution in [3.8, 4) is 0 Å². The normalized spacial score (nSPS) is 19.8. The molecule has 0 amide bonds. The minimum absolute atomic E-state index is 0.190. The van der Waals surface area contributed by atoms with Gasteiger partial charge in [-0.1, -0.05) is 79.7 Å². The van der Waals surface area contributed by atoms with Crippen molar-refractivity contribution in [3.05, 3.63) is 107 Å². The van der Waals surface area contributed by atoms with Crippen LogP contribution in [0, 0.1) is 5.92 Å². The van der Waals surface area contributed by atoms with Crippen LogP contribution in [0.5, 0.6) is 0 Å². The minimum Gasteiger partial charge on any atom is -0.289 e. The maximum absolute atomic E-state index is 13.3. The molecule has 4 aromatic carbocycles. The van der Waals surface area contributed by atoms with Gasteiger partial charge in [0.25, 0.3) is 0 Å². The summed E-state index contributed by atoms with van der Waals surface area (Å²) in [5.41, 5.74) is 4.02.